The number of anilines is 1. The highest BCUT2D eigenvalue weighted by molar-refractivity contribution is 14.0. The van der Waals surface area contributed by atoms with Gasteiger partial charge in [0.1, 0.15) is 0 Å². The van der Waals surface area contributed by atoms with Crippen molar-refractivity contribution in [3.05, 3.63) is 52.2 Å². The molecule has 8 heteroatoms. The number of piperazine rings is 1. The number of amides is 1. The number of guanidine groups is 1. The smallest absolute Gasteiger partial charge is 0.242 e. The Bertz CT molecular complexity index is 787. The van der Waals surface area contributed by atoms with Gasteiger partial charge in [0.2, 0.25) is 5.91 Å². The highest BCUT2D eigenvalue weighted by Gasteiger charge is 2.21. The third kappa shape index (κ3) is 6.88. The van der Waals surface area contributed by atoms with Gasteiger partial charge in [-0.1, -0.05) is 25.1 Å². The van der Waals surface area contributed by atoms with E-state index < -0.39 is 0 Å². The van der Waals surface area contributed by atoms with E-state index in [-0.39, 0.29) is 36.4 Å². The van der Waals surface area contributed by atoms with E-state index in [1.54, 1.807) is 18.4 Å². The van der Waals surface area contributed by atoms with Gasteiger partial charge in [-0.05, 0) is 30.7 Å². The number of thiophene rings is 1. The molecule has 1 aliphatic heterocycles. The molecule has 1 aliphatic rings. The second kappa shape index (κ2) is 12.0. The molecule has 1 saturated heterocycles. The van der Waals surface area contributed by atoms with Crippen LogP contribution in [0.4, 0.5) is 5.69 Å². The number of rotatable bonds is 6. The lowest BCUT2D eigenvalue weighted by Crippen LogP contribution is -2.52. The van der Waals surface area contributed by atoms with Gasteiger partial charge in [-0.25, -0.2) is 0 Å². The van der Waals surface area contributed by atoms with Crippen molar-refractivity contribution in [2.75, 3.05) is 44.7 Å². The number of aliphatic imine (C=N–C) groups is 1. The van der Waals surface area contributed by atoms with Crippen LogP contribution < -0.4 is 15.5 Å². The first-order valence-electron chi connectivity index (χ1n) is 9.79. The second-order valence-electron chi connectivity index (χ2n) is 6.70. The molecule has 0 aliphatic carbocycles. The van der Waals surface area contributed by atoms with E-state index in [1.165, 1.54) is 15.4 Å². The van der Waals surface area contributed by atoms with Gasteiger partial charge in [-0.15, -0.1) is 35.3 Å². The SMILES string of the molecule is CCc1ccc(CNC(=NC)NCC(=O)N2CCN(c3ccccc3)CC2)s1.I. The van der Waals surface area contributed by atoms with E-state index in [0.717, 1.165) is 32.6 Å². The summed E-state index contributed by atoms with van der Waals surface area (Å²) in [5, 5.41) is 6.42. The molecule has 1 amide bonds. The van der Waals surface area contributed by atoms with Crippen molar-refractivity contribution in [3.63, 3.8) is 0 Å². The number of hydrogen-bond donors (Lipinski definition) is 2. The number of carbonyl (C=O) groups is 1. The van der Waals surface area contributed by atoms with Gasteiger partial charge in [-0.2, -0.15) is 0 Å². The van der Waals surface area contributed by atoms with Crippen LogP contribution >= 0.6 is 35.3 Å². The van der Waals surface area contributed by atoms with Crippen molar-refractivity contribution >= 4 is 52.9 Å². The number of para-hydroxylation sites is 1. The van der Waals surface area contributed by atoms with Gasteiger partial charge >= 0.3 is 0 Å². The summed E-state index contributed by atoms with van der Waals surface area (Å²) in [6.07, 6.45) is 1.06. The fourth-order valence-electron chi connectivity index (χ4n) is 3.22. The zero-order chi connectivity index (χ0) is 19.8. The molecule has 0 spiro atoms. The van der Waals surface area contributed by atoms with Crippen LogP contribution in [0, 0.1) is 0 Å². The molecular weight excluding hydrogens is 497 g/mol. The van der Waals surface area contributed by atoms with Crippen molar-refractivity contribution in [1.82, 2.24) is 15.5 Å². The molecular formula is C21H30IN5OS. The first-order valence-corrected chi connectivity index (χ1v) is 10.6. The zero-order valence-electron chi connectivity index (χ0n) is 17.1. The maximum Gasteiger partial charge on any atom is 0.242 e. The predicted octanol–water partition coefficient (Wildman–Crippen LogP) is 2.94. The molecule has 0 atom stereocenters. The Balaban J connectivity index is 0.00000300. The number of hydrogen-bond acceptors (Lipinski definition) is 4. The summed E-state index contributed by atoms with van der Waals surface area (Å²) in [5.41, 5.74) is 1.22. The molecule has 0 unspecified atom stereocenters. The Labute approximate surface area is 194 Å². The summed E-state index contributed by atoms with van der Waals surface area (Å²) in [5.74, 6) is 0.766. The third-order valence-corrected chi connectivity index (χ3v) is 6.11. The number of carbonyl (C=O) groups excluding carboxylic acids is 1. The minimum atomic E-state index is 0. The van der Waals surface area contributed by atoms with E-state index in [9.17, 15) is 4.79 Å². The Morgan fingerprint density at radius 3 is 2.34 bits per heavy atom. The van der Waals surface area contributed by atoms with Gasteiger partial charge in [-0.3, -0.25) is 9.79 Å². The average molecular weight is 527 g/mol. The number of aryl methyl sites for hydroxylation is 1. The lowest BCUT2D eigenvalue weighted by atomic mass is 10.2. The highest BCUT2D eigenvalue weighted by atomic mass is 127. The summed E-state index contributed by atoms with van der Waals surface area (Å²) >= 11 is 1.81. The number of benzene rings is 1. The highest BCUT2D eigenvalue weighted by Crippen LogP contribution is 2.17. The van der Waals surface area contributed by atoms with E-state index in [4.69, 9.17) is 0 Å². The minimum absolute atomic E-state index is 0. The van der Waals surface area contributed by atoms with E-state index >= 15 is 0 Å². The van der Waals surface area contributed by atoms with Crippen LogP contribution in [0.5, 0.6) is 0 Å². The molecule has 0 saturated carbocycles. The Morgan fingerprint density at radius 2 is 1.72 bits per heavy atom. The van der Waals surface area contributed by atoms with Crippen LogP contribution in [0.1, 0.15) is 16.7 Å². The molecule has 2 heterocycles. The monoisotopic (exact) mass is 527 g/mol. The quantitative estimate of drug-likeness (QED) is 0.345. The zero-order valence-corrected chi connectivity index (χ0v) is 20.2. The fraction of sp³-hybridized carbons (Fsp3) is 0.429. The normalized spacial score (nSPS) is 14.3. The van der Waals surface area contributed by atoms with E-state index in [2.05, 4.69) is 63.8 Å². The first-order chi connectivity index (χ1) is 13.7. The lowest BCUT2D eigenvalue weighted by Gasteiger charge is -2.36. The molecule has 158 valence electrons. The van der Waals surface area contributed by atoms with Crippen LogP contribution in [0.2, 0.25) is 0 Å². The van der Waals surface area contributed by atoms with Gasteiger partial charge in [0, 0.05) is 48.7 Å². The van der Waals surface area contributed by atoms with Crippen molar-refractivity contribution in [1.29, 1.82) is 0 Å². The molecule has 29 heavy (non-hydrogen) atoms. The number of nitrogens with zero attached hydrogens (tertiary/aromatic N) is 3. The Morgan fingerprint density at radius 1 is 1.03 bits per heavy atom. The first kappa shape index (κ1) is 23.5. The Hall–Kier alpha value is -1.81. The van der Waals surface area contributed by atoms with Crippen LogP contribution in [-0.4, -0.2) is 56.5 Å². The maximum atomic E-state index is 12.5. The fourth-order valence-corrected chi connectivity index (χ4v) is 4.12. The maximum absolute atomic E-state index is 12.5. The topological polar surface area (TPSA) is 60.0 Å². The lowest BCUT2D eigenvalue weighted by molar-refractivity contribution is -0.130. The molecule has 6 nitrogen and oxygen atoms in total. The Kier molecular flexibility index (Phi) is 9.72. The molecule has 3 rings (SSSR count). The van der Waals surface area contributed by atoms with Crippen molar-refractivity contribution in [2.24, 2.45) is 4.99 Å². The van der Waals surface area contributed by atoms with E-state index in [1.807, 2.05) is 11.0 Å². The molecule has 1 aromatic heterocycles. The van der Waals surface area contributed by atoms with Crippen molar-refractivity contribution < 1.29 is 4.79 Å². The van der Waals surface area contributed by atoms with Gasteiger partial charge in [0.05, 0.1) is 13.1 Å². The summed E-state index contributed by atoms with van der Waals surface area (Å²) in [6.45, 7) is 6.35. The third-order valence-electron chi connectivity index (χ3n) is 4.88. The average Bonchev–Trinajstić information content (AvgIpc) is 3.22. The molecule has 1 aromatic carbocycles. The molecule has 2 N–H and O–H groups in total. The van der Waals surface area contributed by atoms with Gasteiger partial charge in [0.25, 0.3) is 0 Å². The minimum Gasteiger partial charge on any atom is -0.368 e. The number of halogens is 1. The molecule has 2 aromatic rings. The molecule has 0 bridgehead atoms. The van der Waals surface area contributed by atoms with Crippen LogP contribution in [0.25, 0.3) is 0 Å². The van der Waals surface area contributed by atoms with Crippen molar-refractivity contribution in [3.8, 4) is 0 Å². The van der Waals surface area contributed by atoms with Crippen LogP contribution in [0.15, 0.2) is 47.5 Å². The largest absolute Gasteiger partial charge is 0.368 e. The summed E-state index contributed by atoms with van der Waals surface area (Å²) in [7, 11) is 1.73. The van der Waals surface area contributed by atoms with Gasteiger partial charge in [0.15, 0.2) is 5.96 Å². The molecule has 1 fully saturated rings. The van der Waals surface area contributed by atoms with Crippen LogP contribution in [0.3, 0.4) is 0 Å². The summed E-state index contributed by atoms with van der Waals surface area (Å²) < 4.78 is 0. The standard InChI is InChI=1S/C21H29N5OS.HI/c1-3-18-9-10-19(28-18)15-23-21(22-2)24-16-20(27)26-13-11-25(12-14-26)17-7-5-4-6-8-17;/h4-10H,3,11-16H2,1-2H3,(H2,22,23,24);1H. The van der Waals surface area contributed by atoms with E-state index in [0.29, 0.717) is 12.5 Å². The molecule has 0 radical (unpaired) electrons. The van der Waals surface area contributed by atoms with Gasteiger partial charge < -0.3 is 20.4 Å². The predicted molar refractivity (Wildman–Crippen MR) is 133 cm³/mol. The van der Waals surface area contributed by atoms with Crippen LogP contribution in [-0.2, 0) is 17.8 Å². The van der Waals surface area contributed by atoms with Crippen molar-refractivity contribution in [2.45, 2.75) is 19.9 Å². The number of nitrogens with one attached hydrogen (secondary N) is 2. The summed E-state index contributed by atoms with van der Waals surface area (Å²) in [4.78, 5) is 23.7. The second-order valence-corrected chi connectivity index (χ2v) is 7.96. The summed E-state index contributed by atoms with van der Waals surface area (Å²) in [6, 6.07) is 14.7.